The molecule has 0 amide bonds. The first-order valence-corrected chi connectivity index (χ1v) is 8.64. The molecule has 0 radical (unpaired) electrons. The number of benzene rings is 1. The lowest BCUT2D eigenvalue weighted by atomic mass is 9.90. The third kappa shape index (κ3) is 4.07. The minimum absolute atomic E-state index is 0.150. The molecule has 1 aliphatic heterocycles. The van der Waals surface area contributed by atoms with Crippen molar-refractivity contribution in [3.8, 4) is 0 Å². The number of hydrogen-bond acceptors (Lipinski definition) is 3. The van der Waals surface area contributed by atoms with E-state index in [4.69, 9.17) is 10.5 Å². The van der Waals surface area contributed by atoms with Gasteiger partial charge in [-0.2, -0.15) is 0 Å². The maximum Gasteiger partial charge on any atom is 0.0724 e. The summed E-state index contributed by atoms with van der Waals surface area (Å²) in [5.74, 6) is 0.620. The van der Waals surface area contributed by atoms with Gasteiger partial charge >= 0.3 is 0 Å². The first-order valence-electron chi connectivity index (χ1n) is 7.84. The van der Waals surface area contributed by atoms with E-state index >= 15 is 0 Å². The first kappa shape index (κ1) is 16.9. The molecule has 1 heterocycles. The fourth-order valence-corrected chi connectivity index (χ4v) is 3.49. The Morgan fingerprint density at radius 1 is 1.38 bits per heavy atom. The second kappa shape index (κ2) is 7.73. The third-order valence-corrected chi connectivity index (χ3v) is 5.23. The molecule has 118 valence electrons. The van der Waals surface area contributed by atoms with Crippen LogP contribution in [0.1, 0.15) is 38.3 Å². The molecule has 4 heteroatoms. The van der Waals surface area contributed by atoms with E-state index in [0.29, 0.717) is 12.0 Å². The summed E-state index contributed by atoms with van der Waals surface area (Å²) in [6.07, 6.45) is 2.45. The van der Waals surface area contributed by atoms with E-state index < -0.39 is 0 Å². The Kier molecular flexibility index (Phi) is 6.23. The van der Waals surface area contributed by atoms with Crippen molar-refractivity contribution in [2.24, 2.45) is 11.7 Å². The minimum atomic E-state index is 0.150. The van der Waals surface area contributed by atoms with Gasteiger partial charge in [-0.05, 0) is 43.0 Å². The van der Waals surface area contributed by atoms with E-state index in [-0.39, 0.29) is 12.1 Å². The second-order valence-electron chi connectivity index (χ2n) is 6.10. The molecule has 0 aliphatic carbocycles. The van der Waals surface area contributed by atoms with Crippen LogP contribution in [0.3, 0.4) is 0 Å². The van der Waals surface area contributed by atoms with Gasteiger partial charge in [0.25, 0.3) is 0 Å². The summed E-state index contributed by atoms with van der Waals surface area (Å²) in [6, 6.07) is 9.00. The quantitative estimate of drug-likeness (QED) is 0.877. The zero-order chi connectivity index (χ0) is 15.4. The zero-order valence-electron chi connectivity index (χ0n) is 13.3. The van der Waals surface area contributed by atoms with Crippen LogP contribution >= 0.6 is 15.9 Å². The normalized spacial score (nSPS) is 26.5. The van der Waals surface area contributed by atoms with Gasteiger partial charge in [0.15, 0.2) is 0 Å². The van der Waals surface area contributed by atoms with Gasteiger partial charge in [0.05, 0.1) is 6.10 Å². The van der Waals surface area contributed by atoms with Crippen LogP contribution in [0.5, 0.6) is 0 Å². The van der Waals surface area contributed by atoms with Gasteiger partial charge in [-0.3, -0.25) is 4.90 Å². The maximum absolute atomic E-state index is 6.45. The Morgan fingerprint density at radius 3 is 2.62 bits per heavy atom. The number of ether oxygens (including phenoxy) is 1. The van der Waals surface area contributed by atoms with E-state index in [1.165, 1.54) is 12.0 Å². The van der Waals surface area contributed by atoms with E-state index in [2.05, 4.69) is 58.9 Å². The van der Waals surface area contributed by atoms with Crippen LogP contribution in [-0.2, 0) is 4.74 Å². The van der Waals surface area contributed by atoms with Crippen LogP contribution < -0.4 is 5.73 Å². The molecule has 2 N–H and O–H groups in total. The number of likely N-dealkylation sites (tertiary alicyclic amines) is 1. The summed E-state index contributed by atoms with van der Waals surface area (Å²) in [4.78, 5) is 2.51. The highest BCUT2D eigenvalue weighted by Crippen LogP contribution is 2.31. The fourth-order valence-electron chi connectivity index (χ4n) is 3.23. The van der Waals surface area contributed by atoms with Crippen molar-refractivity contribution in [2.75, 3.05) is 20.2 Å². The van der Waals surface area contributed by atoms with Crippen LogP contribution in [0.25, 0.3) is 0 Å². The molecule has 1 saturated heterocycles. The van der Waals surface area contributed by atoms with E-state index in [0.717, 1.165) is 24.0 Å². The van der Waals surface area contributed by atoms with Crippen LogP contribution in [0.2, 0.25) is 0 Å². The van der Waals surface area contributed by atoms with Gasteiger partial charge in [-0.25, -0.2) is 0 Å². The van der Waals surface area contributed by atoms with Gasteiger partial charge in [-0.15, -0.1) is 0 Å². The molecular formula is C17H27BrN2O. The number of nitrogens with zero attached hydrogens (tertiary/aromatic N) is 1. The Labute approximate surface area is 137 Å². The number of halogens is 1. The minimum Gasteiger partial charge on any atom is -0.380 e. The molecular weight excluding hydrogens is 328 g/mol. The van der Waals surface area contributed by atoms with E-state index in [9.17, 15) is 0 Å². The number of hydrogen-bond donors (Lipinski definition) is 1. The highest BCUT2D eigenvalue weighted by Gasteiger charge is 2.33. The molecule has 3 nitrogen and oxygen atoms in total. The van der Waals surface area contributed by atoms with Crippen LogP contribution in [0.15, 0.2) is 28.7 Å². The van der Waals surface area contributed by atoms with Gasteiger partial charge in [-0.1, -0.05) is 41.9 Å². The molecule has 0 spiro atoms. The lowest BCUT2D eigenvalue weighted by Gasteiger charge is -2.42. The highest BCUT2D eigenvalue weighted by molar-refractivity contribution is 9.10. The predicted octanol–water partition coefficient (Wildman–Crippen LogP) is 3.58. The van der Waals surface area contributed by atoms with Gasteiger partial charge < -0.3 is 10.5 Å². The average molecular weight is 355 g/mol. The molecule has 1 aromatic carbocycles. The standard InChI is InChI=1S/C17H27BrN2O/c1-4-15(19)17(13-5-7-14(18)8-6-13)20-10-9-12(2)16(11-20)21-3/h5-8,12,15-17H,4,9-11,19H2,1-3H3. The predicted molar refractivity (Wildman–Crippen MR) is 91.3 cm³/mol. The van der Waals surface area contributed by atoms with Crippen molar-refractivity contribution in [3.63, 3.8) is 0 Å². The van der Waals surface area contributed by atoms with E-state index in [1.54, 1.807) is 0 Å². The summed E-state index contributed by atoms with van der Waals surface area (Å²) in [6.45, 7) is 6.50. The molecule has 0 saturated carbocycles. The number of rotatable bonds is 5. The second-order valence-corrected chi connectivity index (χ2v) is 7.02. The number of piperidine rings is 1. The summed E-state index contributed by atoms with van der Waals surface area (Å²) >= 11 is 3.51. The Balaban J connectivity index is 2.22. The summed E-state index contributed by atoms with van der Waals surface area (Å²) in [7, 11) is 1.82. The van der Waals surface area contributed by atoms with E-state index in [1.807, 2.05) is 7.11 Å². The number of methoxy groups -OCH3 is 1. The van der Waals surface area contributed by atoms with Gasteiger partial charge in [0.1, 0.15) is 0 Å². The SMILES string of the molecule is CCC(N)C(c1ccc(Br)cc1)N1CCC(C)C(OC)C1. The maximum atomic E-state index is 6.45. The first-order chi connectivity index (χ1) is 10.1. The van der Waals surface area contributed by atoms with Crippen molar-refractivity contribution >= 4 is 15.9 Å². The Morgan fingerprint density at radius 2 is 2.05 bits per heavy atom. The largest absolute Gasteiger partial charge is 0.380 e. The fraction of sp³-hybridized carbons (Fsp3) is 0.647. The molecule has 0 aromatic heterocycles. The molecule has 1 fully saturated rings. The molecule has 1 aromatic rings. The Hall–Kier alpha value is -0.420. The summed E-state index contributed by atoms with van der Waals surface area (Å²) < 4.78 is 6.77. The molecule has 0 bridgehead atoms. The van der Waals surface area contributed by atoms with Crippen molar-refractivity contribution in [1.82, 2.24) is 4.90 Å². The molecule has 1 aliphatic rings. The lowest BCUT2D eigenvalue weighted by Crippen LogP contribution is -2.49. The monoisotopic (exact) mass is 354 g/mol. The summed E-state index contributed by atoms with van der Waals surface area (Å²) in [5.41, 5.74) is 7.75. The lowest BCUT2D eigenvalue weighted by molar-refractivity contribution is -0.0234. The molecule has 21 heavy (non-hydrogen) atoms. The third-order valence-electron chi connectivity index (χ3n) is 4.71. The van der Waals surface area contributed by atoms with Gasteiger partial charge in [0.2, 0.25) is 0 Å². The molecule has 2 rings (SSSR count). The van der Waals surface area contributed by atoms with Crippen molar-refractivity contribution in [2.45, 2.75) is 44.9 Å². The van der Waals surface area contributed by atoms with Crippen LogP contribution in [0.4, 0.5) is 0 Å². The topological polar surface area (TPSA) is 38.5 Å². The highest BCUT2D eigenvalue weighted by atomic mass is 79.9. The number of nitrogens with two attached hydrogens (primary N) is 1. The smallest absolute Gasteiger partial charge is 0.0724 e. The van der Waals surface area contributed by atoms with Crippen molar-refractivity contribution < 1.29 is 4.74 Å². The molecule has 4 atom stereocenters. The Bertz CT molecular complexity index is 437. The van der Waals surface area contributed by atoms with Gasteiger partial charge in [0, 0.05) is 30.2 Å². The van der Waals surface area contributed by atoms with Crippen LogP contribution in [0, 0.1) is 5.92 Å². The van der Waals surface area contributed by atoms with Crippen molar-refractivity contribution in [1.29, 1.82) is 0 Å². The molecule has 4 unspecified atom stereocenters. The average Bonchev–Trinajstić information content (AvgIpc) is 2.50. The summed E-state index contributed by atoms with van der Waals surface area (Å²) in [5, 5.41) is 0. The van der Waals surface area contributed by atoms with Crippen LogP contribution in [-0.4, -0.2) is 37.2 Å². The zero-order valence-corrected chi connectivity index (χ0v) is 14.8. The van der Waals surface area contributed by atoms with Crippen molar-refractivity contribution in [3.05, 3.63) is 34.3 Å².